The third-order valence-corrected chi connectivity index (χ3v) is 2.78. The van der Waals surface area contributed by atoms with Crippen LogP contribution in [0, 0.1) is 6.92 Å². The van der Waals surface area contributed by atoms with Crippen molar-refractivity contribution < 1.29 is 4.74 Å². The number of hydrogen-bond acceptors (Lipinski definition) is 5. The highest BCUT2D eigenvalue weighted by Gasteiger charge is 2.14. The second-order valence-corrected chi connectivity index (χ2v) is 4.37. The Labute approximate surface area is 81.3 Å². The number of aromatic nitrogens is 2. The van der Waals surface area contributed by atoms with Gasteiger partial charge in [-0.1, -0.05) is 11.3 Å². The van der Waals surface area contributed by atoms with Crippen LogP contribution in [0.2, 0.25) is 0 Å². The number of ether oxygens (including phenoxy) is 1. The van der Waals surface area contributed by atoms with Gasteiger partial charge in [0.25, 0.3) is 0 Å². The molecule has 1 aromatic rings. The maximum absolute atomic E-state index is 5.36. The molecule has 1 atom stereocenters. The third kappa shape index (κ3) is 2.38. The molecule has 1 fully saturated rings. The van der Waals surface area contributed by atoms with Crippen LogP contribution in [0.5, 0.6) is 0 Å². The molecule has 1 saturated heterocycles. The number of anilines is 1. The fourth-order valence-corrected chi connectivity index (χ4v) is 2.05. The summed E-state index contributed by atoms with van der Waals surface area (Å²) in [7, 11) is 0. The minimum absolute atomic E-state index is 0.418. The van der Waals surface area contributed by atoms with Crippen LogP contribution in [0.1, 0.15) is 17.8 Å². The minimum Gasteiger partial charge on any atom is -0.379 e. The van der Waals surface area contributed by atoms with E-state index >= 15 is 0 Å². The van der Waals surface area contributed by atoms with Gasteiger partial charge in [-0.25, -0.2) is 0 Å². The SMILES string of the molecule is Cc1nnc(N[C@@H]2CCCOC2)s1. The lowest BCUT2D eigenvalue weighted by Gasteiger charge is -2.22. The van der Waals surface area contributed by atoms with Crippen molar-refractivity contribution in [3.05, 3.63) is 5.01 Å². The number of nitrogens with zero attached hydrogens (tertiary/aromatic N) is 2. The van der Waals surface area contributed by atoms with Crippen molar-refractivity contribution >= 4 is 16.5 Å². The van der Waals surface area contributed by atoms with E-state index < -0.39 is 0 Å². The monoisotopic (exact) mass is 199 g/mol. The molecule has 0 aromatic carbocycles. The van der Waals surface area contributed by atoms with Crippen LogP contribution in [-0.2, 0) is 4.74 Å². The minimum atomic E-state index is 0.418. The molecule has 1 aliphatic heterocycles. The van der Waals surface area contributed by atoms with Gasteiger partial charge in [0.05, 0.1) is 12.6 Å². The molecule has 1 aliphatic rings. The third-order valence-electron chi connectivity index (χ3n) is 2.01. The normalized spacial score (nSPS) is 23.0. The summed E-state index contributed by atoms with van der Waals surface area (Å²) in [6.45, 7) is 3.65. The van der Waals surface area contributed by atoms with Gasteiger partial charge in [0.1, 0.15) is 5.01 Å². The summed E-state index contributed by atoms with van der Waals surface area (Å²) in [5.41, 5.74) is 0. The maximum Gasteiger partial charge on any atom is 0.205 e. The molecular formula is C8H13N3OS. The predicted molar refractivity (Wildman–Crippen MR) is 52.1 cm³/mol. The van der Waals surface area contributed by atoms with Crippen LogP contribution in [0.3, 0.4) is 0 Å². The Morgan fingerprint density at radius 1 is 1.54 bits per heavy atom. The number of aryl methyl sites for hydroxylation is 1. The van der Waals surface area contributed by atoms with Gasteiger partial charge in [-0.3, -0.25) is 0 Å². The lowest BCUT2D eigenvalue weighted by Crippen LogP contribution is -2.29. The molecule has 0 unspecified atom stereocenters. The smallest absolute Gasteiger partial charge is 0.205 e. The van der Waals surface area contributed by atoms with Crippen molar-refractivity contribution in [1.82, 2.24) is 10.2 Å². The summed E-state index contributed by atoms with van der Waals surface area (Å²) in [5.74, 6) is 0. The van der Waals surface area contributed by atoms with Crippen LogP contribution in [0.25, 0.3) is 0 Å². The molecule has 0 aliphatic carbocycles. The van der Waals surface area contributed by atoms with Crippen molar-refractivity contribution in [3.8, 4) is 0 Å². The highest BCUT2D eigenvalue weighted by atomic mass is 32.1. The second kappa shape index (κ2) is 4.02. The summed E-state index contributed by atoms with van der Waals surface area (Å²) in [4.78, 5) is 0. The molecule has 4 nitrogen and oxygen atoms in total. The zero-order valence-corrected chi connectivity index (χ0v) is 8.43. The number of hydrogen-bond donors (Lipinski definition) is 1. The molecule has 2 heterocycles. The first-order valence-electron chi connectivity index (χ1n) is 4.49. The van der Waals surface area contributed by atoms with Gasteiger partial charge in [-0.2, -0.15) is 0 Å². The summed E-state index contributed by atoms with van der Waals surface area (Å²) in [6.07, 6.45) is 2.30. The molecule has 0 amide bonds. The van der Waals surface area contributed by atoms with E-state index in [1.807, 2.05) is 6.92 Å². The summed E-state index contributed by atoms with van der Waals surface area (Å²) >= 11 is 1.59. The Kier molecular flexibility index (Phi) is 2.75. The van der Waals surface area contributed by atoms with Crippen molar-refractivity contribution in [2.45, 2.75) is 25.8 Å². The first-order chi connectivity index (χ1) is 6.34. The number of nitrogens with one attached hydrogen (secondary N) is 1. The van der Waals surface area contributed by atoms with E-state index in [-0.39, 0.29) is 0 Å². The van der Waals surface area contributed by atoms with Gasteiger partial charge in [0.2, 0.25) is 5.13 Å². The highest BCUT2D eigenvalue weighted by Crippen LogP contribution is 2.17. The molecule has 1 N–H and O–H groups in total. The number of rotatable bonds is 2. The van der Waals surface area contributed by atoms with E-state index in [0.717, 1.165) is 29.8 Å². The van der Waals surface area contributed by atoms with E-state index in [9.17, 15) is 0 Å². The van der Waals surface area contributed by atoms with E-state index in [1.165, 1.54) is 6.42 Å². The van der Waals surface area contributed by atoms with Gasteiger partial charge in [-0.15, -0.1) is 10.2 Å². The van der Waals surface area contributed by atoms with Crippen LogP contribution in [-0.4, -0.2) is 29.5 Å². The van der Waals surface area contributed by atoms with Gasteiger partial charge >= 0.3 is 0 Å². The van der Waals surface area contributed by atoms with Crippen LogP contribution < -0.4 is 5.32 Å². The molecule has 0 radical (unpaired) electrons. The van der Waals surface area contributed by atoms with Crippen molar-refractivity contribution in [1.29, 1.82) is 0 Å². The largest absolute Gasteiger partial charge is 0.379 e. The zero-order valence-electron chi connectivity index (χ0n) is 7.62. The van der Waals surface area contributed by atoms with E-state index in [4.69, 9.17) is 4.74 Å². The van der Waals surface area contributed by atoms with Gasteiger partial charge in [0.15, 0.2) is 0 Å². The highest BCUT2D eigenvalue weighted by molar-refractivity contribution is 7.15. The Hall–Kier alpha value is -0.680. The van der Waals surface area contributed by atoms with Crippen LogP contribution in [0.15, 0.2) is 0 Å². The van der Waals surface area contributed by atoms with Gasteiger partial charge < -0.3 is 10.1 Å². The Morgan fingerprint density at radius 2 is 2.46 bits per heavy atom. The second-order valence-electron chi connectivity index (χ2n) is 3.18. The molecule has 13 heavy (non-hydrogen) atoms. The van der Waals surface area contributed by atoms with Crippen molar-refractivity contribution in [3.63, 3.8) is 0 Å². The average Bonchev–Trinajstić information content (AvgIpc) is 2.53. The summed E-state index contributed by atoms with van der Waals surface area (Å²) in [6, 6.07) is 0.418. The molecule has 72 valence electrons. The Bertz CT molecular complexity index is 270. The Balaban J connectivity index is 1.89. The van der Waals surface area contributed by atoms with E-state index in [1.54, 1.807) is 11.3 Å². The van der Waals surface area contributed by atoms with Crippen molar-refractivity contribution in [2.24, 2.45) is 0 Å². The quantitative estimate of drug-likeness (QED) is 0.783. The maximum atomic E-state index is 5.36. The fourth-order valence-electron chi connectivity index (χ4n) is 1.38. The molecular weight excluding hydrogens is 186 g/mol. The predicted octanol–water partition coefficient (Wildman–Crippen LogP) is 1.44. The lowest BCUT2D eigenvalue weighted by molar-refractivity contribution is 0.0876. The first-order valence-corrected chi connectivity index (χ1v) is 5.30. The van der Waals surface area contributed by atoms with Gasteiger partial charge in [-0.05, 0) is 19.8 Å². The topological polar surface area (TPSA) is 47.0 Å². The molecule has 5 heteroatoms. The van der Waals surface area contributed by atoms with Gasteiger partial charge in [0, 0.05) is 6.61 Å². The molecule has 0 saturated carbocycles. The molecule has 0 bridgehead atoms. The van der Waals surface area contributed by atoms with Crippen LogP contribution in [0.4, 0.5) is 5.13 Å². The standard InChI is InChI=1S/C8H13N3OS/c1-6-10-11-8(13-6)9-7-3-2-4-12-5-7/h7H,2-5H2,1H3,(H,9,11)/t7-/m1/s1. The molecule has 2 rings (SSSR count). The first kappa shape index (κ1) is 8.90. The van der Waals surface area contributed by atoms with E-state index in [0.29, 0.717) is 6.04 Å². The Morgan fingerprint density at radius 3 is 3.08 bits per heavy atom. The summed E-state index contributed by atoms with van der Waals surface area (Å²) < 4.78 is 5.36. The average molecular weight is 199 g/mol. The molecule has 1 aromatic heterocycles. The van der Waals surface area contributed by atoms with E-state index in [2.05, 4.69) is 15.5 Å². The summed E-state index contributed by atoms with van der Waals surface area (Å²) in [5, 5.41) is 13.2. The fraction of sp³-hybridized carbons (Fsp3) is 0.750. The zero-order chi connectivity index (χ0) is 9.10. The van der Waals surface area contributed by atoms with Crippen LogP contribution >= 0.6 is 11.3 Å². The van der Waals surface area contributed by atoms with Crippen molar-refractivity contribution in [2.75, 3.05) is 18.5 Å². The molecule has 0 spiro atoms. The lowest BCUT2D eigenvalue weighted by atomic mass is 10.1.